The van der Waals surface area contributed by atoms with Gasteiger partial charge in [0, 0.05) is 26.7 Å². The normalized spacial score (nSPS) is 12.4. The summed E-state index contributed by atoms with van der Waals surface area (Å²) in [5.74, 6) is -0.229. The van der Waals surface area contributed by atoms with Crippen LogP contribution in [0.4, 0.5) is 4.39 Å². The lowest BCUT2D eigenvalue weighted by atomic mass is 10.0. The van der Waals surface area contributed by atoms with Gasteiger partial charge in [0.1, 0.15) is 11.6 Å². The number of nitrogens with one attached hydrogen (secondary N) is 2. The lowest BCUT2D eigenvalue weighted by molar-refractivity contribution is -0.121. The standard InChI is InChI=1S/C20H25FN2O5S/c1-27-13-3-12-22-20(24)14-19(15-4-8-17(28-2)9-5-15)23-29(25,26)18-10-6-16(21)7-11-18/h4-11,19,23H,3,12-14H2,1-2H3,(H,22,24)/t19-/m0/s1. The van der Waals surface area contributed by atoms with Crippen molar-refractivity contribution in [3.8, 4) is 5.75 Å². The maximum absolute atomic E-state index is 13.1. The highest BCUT2D eigenvalue weighted by atomic mass is 32.2. The number of ether oxygens (including phenoxy) is 2. The van der Waals surface area contributed by atoms with E-state index in [0.717, 1.165) is 12.1 Å². The van der Waals surface area contributed by atoms with Gasteiger partial charge in [0.15, 0.2) is 0 Å². The van der Waals surface area contributed by atoms with Crippen LogP contribution >= 0.6 is 0 Å². The van der Waals surface area contributed by atoms with Crippen molar-refractivity contribution in [3.05, 3.63) is 59.9 Å². The summed E-state index contributed by atoms with van der Waals surface area (Å²) in [5, 5.41) is 2.75. The van der Waals surface area contributed by atoms with Gasteiger partial charge in [0.2, 0.25) is 15.9 Å². The van der Waals surface area contributed by atoms with Crippen molar-refractivity contribution in [2.75, 3.05) is 27.4 Å². The van der Waals surface area contributed by atoms with E-state index < -0.39 is 21.9 Å². The van der Waals surface area contributed by atoms with Crippen LogP contribution in [0.2, 0.25) is 0 Å². The Balaban J connectivity index is 2.19. The highest BCUT2D eigenvalue weighted by Gasteiger charge is 2.24. The molecule has 2 aromatic rings. The quantitative estimate of drug-likeness (QED) is 0.541. The number of halogens is 1. The number of methoxy groups -OCH3 is 2. The third kappa shape index (κ3) is 7.12. The van der Waals surface area contributed by atoms with Crippen LogP contribution < -0.4 is 14.8 Å². The van der Waals surface area contributed by atoms with E-state index in [-0.39, 0.29) is 17.2 Å². The van der Waals surface area contributed by atoms with Crippen LogP contribution in [-0.2, 0) is 19.6 Å². The van der Waals surface area contributed by atoms with E-state index in [1.54, 1.807) is 31.4 Å². The number of amides is 1. The molecule has 158 valence electrons. The van der Waals surface area contributed by atoms with Crippen LogP contribution in [-0.4, -0.2) is 41.7 Å². The topological polar surface area (TPSA) is 93.7 Å². The summed E-state index contributed by atoms with van der Waals surface area (Å²) in [4.78, 5) is 12.2. The van der Waals surface area contributed by atoms with Crippen LogP contribution in [0, 0.1) is 5.82 Å². The van der Waals surface area contributed by atoms with Crippen molar-refractivity contribution in [2.45, 2.75) is 23.8 Å². The van der Waals surface area contributed by atoms with Gasteiger partial charge in [-0.05, 0) is 48.4 Å². The van der Waals surface area contributed by atoms with Crippen molar-refractivity contribution in [1.82, 2.24) is 10.0 Å². The first-order chi connectivity index (χ1) is 13.9. The van der Waals surface area contributed by atoms with Gasteiger partial charge >= 0.3 is 0 Å². The van der Waals surface area contributed by atoms with Crippen molar-refractivity contribution in [1.29, 1.82) is 0 Å². The van der Waals surface area contributed by atoms with Crippen LogP contribution in [0.1, 0.15) is 24.4 Å². The van der Waals surface area contributed by atoms with Gasteiger partial charge in [-0.3, -0.25) is 4.79 Å². The molecule has 0 unspecified atom stereocenters. The molecule has 0 radical (unpaired) electrons. The van der Waals surface area contributed by atoms with E-state index in [2.05, 4.69) is 10.0 Å². The Bertz CT molecular complexity index is 886. The molecular weight excluding hydrogens is 399 g/mol. The number of hydrogen-bond donors (Lipinski definition) is 2. The first kappa shape index (κ1) is 22.8. The minimum atomic E-state index is -3.96. The SMILES string of the molecule is COCCCNC(=O)C[C@H](NS(=O)(=O)c1ccc(F)cc1)c1ccc(OC)cc1. The number of sulfonamides is 1. The molecule has 2 aromatic carbocycles. The molecule has 29 heavy (non-hydrogen) atoms. The Morgan fingerprint density at radius 1 is 1.07 bits per heavy atom. The Morgan fingerprint density at radius 2 is 1.72 bits per heavy atom. The van der Waals surface area contributed by atoms with Gasteiger partial charge < -0.3 is 14.8 Å². The Labute approximate surface area is 170 Å². The number of benzene rings is 2. The summed E-state index contributed by atoms with van der Waals surface area (Å²) in [6.07, 6.45) is 0.552. The predicted octanol–water partition coefficient (Wildman–Crippen LogP) is 2.40. The average Bonchev–Trinajstić information content (AvgIpc) is 2.71. The van der Waals surface area contributed by atoms with E-state index in [1.165, 1.54) is 19.2 Å². The lowest BCUT2D eigenvalue weighted by Gasteiger charge is -2.19. The van der Waals surface area contributed by atoms with E-state index in [0.29, 0.717) is 30.9 Å². The molecule has 0 aliphatic carbocycles. The minimum absolute atomic E-state index is 0.0853. The summed E-state index contributed by atoms with van der Waals surface area (Å²) in [5.41, 5.74) is 0.600. The van der Waals surface area contributed by atoms with E-state index in [9.17, 15) is 17.6 Å². The summed E-state index contributed by atoms with van der Waals surface area (Å²) >= 11 is 0. The molecule has 0 saturated carbocycles. The zero-order valence-corrected chi connectivity index (χ0v) is 17.2. The smallest absolute Gasteiger partial charge is 0.241 e. The van der Waals surface area contributed by atoms with Crippen LogP contribution in [0.3, 0.4) is 0 Å². The van der Waals surface area contributed by atoms with Crippen LogP contribution in [0.25, 0.3) is 0 Å². The summed E-state index contributed by atoms with van der Waals surface area (Å²) < 4.78 is 51.2. The largest absolute Gasteiger partial charge is 0.497 e. The molecule has 0 aliphatic rings. The zero-order valence-electron chi connectivity index (χ0n) is 16.4. The van der Waals surface area contributed by atoms with E-state index in [1.807, 2.05) is 0 Å². The van der Waals surface area contributed by atoms with Gasteiger partial charge in [0.25, 0.3) is 0 Å². The minimum Gasteiger partial charge on any atom is -0.497 e. The molecule has 1 amide bonds. The molecule has 0 spiro atoms. The molecular formula is C20H25FN2O5S. The van der Waals surface area contributed by atoms with Gasteiger partial charge in [-0.25, -0.2) is 17.5 Å². The Morgan fingerprint density at radius 3 is 2.31 bits per heavy atom. The second kappa shape index (κ2) is 10.9. The van der Waals surface area contributed by atoms with Crippen molar-refractivity contribution < 1.29 is 27.1 Å². The number of carbonyl (C=O) groups is 1. The first-order valence-corrected chi connectivity index (χ1v) is 10.5. The monoisotopic (exact) mass is 424 g/mol. The highest BCUT2D eigenvalue weighted by Crippen LogP contribution is 2.23. The molecule has 0 bridgehead atoms. The number of carbonyl (C=O) groups excluding carboxylic acids is 1. The fourth-order valence-corrected chi connectivity index (χ4v) is 3.86. The van der Waals surface area contributed by atoms with Crippen LogP contribution in [0.15, 0.2) is 53.4 Å². The molecule has 9 heteroatoms. The second-order valence-electron chi connectivity index (χ2n) is 6.30. The summed E-state index contributed by atoms with van der Waals surface area (Å²) in [6, 6.07) is 10.4. The predicted molar refractivity (Wildman–Crippen MR) is 107 cm³/mol. The zero-order chi connectivity index (χ0) is 21.3. The number of rotatable bonds is 11. The van der Waals surface area contributed by atoms with Crippen molar-refractivity contribution >= 4 is 15.9 Å². The third-order valence-corrected chi connectivity index (χ3v) is 5.66. The fourth-order valence-electron chi connectivity index (χ4n) is 2.63. The molecule has 7 nitrogen and oxygen atoms in total. The lowest BCUT2D eigenvalue weighted by Crippen LogP contribution is -2.34. The van der Waals surface area contributed by atoms with Gasteiger partial charge in [-0.15, -0.1) is 0 Å². The molecule has 0 aromatic heterocycles. The molecule has 0 heterocycles. The average molecular weight is 424 g/mol. The van der Waals surface area contributed by atoms with Gasteiger partial charge in [0.05, 0.1) is 18.0 Å². The van der Waals surface area contributed by atoms with Gasteiger partial charge in [-0.1, -0.05) is 12.1 Å². The highest BCUT2D eigenvalue weighted by molar-refractivity contribution is 7.89. The summed E-state index contributed by atoms with van der Waals surface area (Å²) in [6.45, 7) is 0.937. The Hall–Kier alpha value is -2.49. The Kier molecular flexibility index (Phi) is 8.56. The molecule has 1 atom stereocenters. The van der Waals surface area contributed by atoms with Crippen molar-refractivity contribution in [2.24, 2.45) is 0 Å². The van der Waals surface area contributed by atoms with E-state index >= 15 is 0 Å². The fraction of sp³-hybridized carbons (Fsp3) is 0.350. The number of hydrogen-bond acceptors (Lipinski definition) is 5. The van der Waals surface area contributed by atoms with Crippen molar-refractivity contribution in [3.63, 3.8) is 0 Å². The maximum atomic E-state index is 13.1. The molecule has 0 saturated heterocycles. The molecule has 0 fully saturated rings. The first-order valence-electron chi connectivity index (χ1n) is 9.03. The molecule has 2 N–H and O–H groups in total. The third-order valence-electron chi connectivity index (χ3n) is 4.18. The second-order valence-corrected chi connectivity index (χ2v) is 8.02. The molecule has 2 rings (SSSR count). The molecule has 0 aliphatic heterocycles. The van der Waals surface area contributed by atoms with Gasteiger partial charge in [-0.2, -0.15) is 0 Å². The maximum Gasteiger partial charge on any atom is 0.241 e. The summed E-state index contributed by atoms with van der Waals surface area (Å²) in [7, 11) is -0.863. The van der Waals surface area contributed by atoms with E-state index in [4.69, 9.17) is 9.47 Å². The van der Waals surface area contributed by atoms with Crippen LogP contribution in [0.5, 0.6) is 5.75 Å².